The van der Waals surface area contributed by atoms with E-state index in [4.69, 9.17) is 9.72 Å². The number of aryl methyl sites for hydroxylation is 1. The zero-order chi connectivity index (χ0) is 13.7. The molecule has 4 aromatic rings. The van der Waals surface area contributed by atoms with Crippen molar-refractivity contribution in [3.63, 3.8) is 0 Å². The zero-order valence-electron chi connectivity index (χ0n) is 11.4. The lowest BCUT2D eigenvalue weighted by atomic mass is 10.1. The standard InChI is InChI=1S/C17H14N2O/c1-19-14-10-6-4-8-12(14)15-16(20-2)11-7-3-5-9-13(11)18-17(15)19/h3-10H,1-2H3. The lowest BCUT2D eigenvalue weighted by Gasteiger charge is -2.07. The average Bonchev–Trinajstić information content (AvgIpc) is 2.79. The molecule has 0 spiro atoms. The van der Waals surface area contributed by atoms with Crippen LogP contribution in [-0.4, -0.2) is 16.7 Å². The fraction of sp³-hybridized carbons (Fsp3) is 0.118. The highest BCUT2D eigenvalue weighted by Crippen LogP contribution is 2.38. The van der Waals surface area contributed by atoms with Crippen LogP contribution in [0, 0.1) is 0 Å². The Labute approximate surface area is 116 Å². The van der Waals surface area contributed by atoms with Crippen LogP contribution in [0.3, 0.4) is 0 Å². The number of hydrogen-bond acceptors (Lipinski definition) is 2. The second-order valence-electron chi connectivity index (χ2n) is 4.94. The van der Waals surface area contributed by atoms with Gasteiger partial charge in [0, 0.05) is 17.8 Å². The first-order valence-corrected chi connectivity index (χ1v) is 6.61. The maximum Gasteiger partial charge on any atom is 0.145 e. The molecule has 3 nitrogen and oxygen atoms in total. The third kappa shape index (κ3) is 1.32. The predicted molar refractivity (Wildman–Crippen MR) is 82.3 cm³/mol. The quantitative estimate of drug-likeness (QED) is 0.520. The van der Waals surface area contributed by atoms with Gasteiger partial charge in [-0.25, -0.2) is 4.98 Å². The van der Waals surface area contributed by atoms with E-state index in [2.05, 4.69) is 28.8 Å². The number of aromatic nitrogens is 2. The molecule has 0 saturated heterocycles. The van der Waals surface area contributed by atoms with Crippen LogP contribution >= 0.6 is 0 Å². The fourth-order valence-corrected chi connectivity index (χ4v) is 2.96. The molecule has 0 aliphatic rings. The molecule has 0 fully saturated rings. The second kappa shape index (κ2) is 3.97. The van der Waals surface area contributed by atoms with Crippen molar-refractivity contribution in [1.82, 2.24) is 9.55 Å². The summed E-state index contributed by atoms with van der Waals surface area (Å²) in [6.45, 7) is 0. The first-order valence-electron chi connectivity index (χ1n) is 6.61. The van der Waals surface area contributed by atoms with Crippen LogP contribution in [0.4, 0.5) is 0 Å². The molecule has 2 aromatic carbocycles. The van der Waals surface area contributed by atoms with Gasteiger partial charge in [-0.05, 0) is 18.2 Å². The molecule has 0 atom stereocenters. The van der Waals surface area contributed by atoms with E-state index in [1.54, 1.807) is 7.11 Å². The monoisotopic (exact) mass is 262 g/mol. The number of para-hydroxylation sites is 2. The molecular weight excluding hydrogens is 248 g/mol. The Morgan fingerprint density at radius 1 is 0.950 bits per heavy atom. The van der Waals surface area contributed by atoms with Gasteiger partial charge in [0.2, 0.25) is 0 Å². The van der Waals surface area contributed by atoms with E-state index in [0.717, 1.165) is 27.7 Å². The smallest absolute Gasteiger partial charge is 0.145 e. The molecule has 4 rings (SSSR count). The topological polar surface area (TPSA) is 27.1 Å². The molecule has 3 heteroatoms. The third-order valence-electron chi connectivity index (χ3n) is 3.88. The van der Waals surface area contributed by atoms with Gasteiger partial charge in [-0.1, -0.05) is 30.3 Å². The van der Waals surface area contributed by atoms with E-state index in [1.807, 2.05) is 31.3 Å². The van der Waals surface area contributed by atoms with Crippen LogP contribution in [0.5, 0.6) is 5.75 Å². The number of rotatable bonds is 1. The summed E-state index contributed by atoms with van der Waals surface area (Å²) in [6, 6.07) is 16.4. The van der Waals surface area contributed by atoms with Gasteiger partial charge < -0.3 is 9.30 Å². The molecule has 2 heterocycles. The van der Waals surface area contributed by atoms with Gasteiger partial charge >= 0.3 is 0 Å². The number of benzene rings is 2. The molecular formula is C17H14N2O. The van der Waals surface area contributed by atoms with Crippen LogP contribution in [0.25, 0.3) is 32.8 Å². The summed E-state index contributed by atoms with van der Waals surface area (Å²) in [4.78, 5) is 4.81. The van der Waals surface area contributed by atoms with E-state index in [0.29, 0.717) is 0 Å². The summed E-state index contributed by atoms with van der Waals surface area (Å²) in [5.41, 5.74) is 3.09. The third-order valence-corrected chi connectivity index (χ3v) is 3.88. The Morgan fingerprint density at radius 3 is 2.45 bits per heavy atom. The van der Waals surface area contributed by atoms with E-state index in [9.17, 15) is 0 Å². The van der Waals surface area contributed by atoms with E-state index in [1.165, 1.54) is 10.9 Å². The normalized spacial score (nSPS) is 11.5. The van der Waals surface area contributed by atoms with Gasteiger partial charge in [-0.15, -0.1) is 0 Å². The van der Waals surface area contributed by atoms with Crippen molar-refractivity contribution < 1.29 is 4.74 Å². The summed E-state index contributed by atoms with van der Waals surface area (Å²) in [5.74, 6) is 0.905. The highest BCUT2D eigenvalue weighted by molar-refractivity contribution is 6.14. The highest BCUT2D eigenvalue weighted by atomic mass is 16.5. The molecule has 98 valence electrons. The minimum atomic E-state index is 0.905. The molecule has 0 unspecified atom stereocenters. The lowest BCUT2D eigenvalue weighted by Crippen LogP contribution is -1.93. The van der Waals surface area contributed by atoms with Crippen molar-refractivity contribution in [3.05, 3.63) is 48.5 Å². The molecule has 0 amide bonds. The second-order valence-corrected chi connectivity index (χ2v) is 4.94. The van der Waals surface area contributed by atoms with Crippen LogP contribution in [-0.2, 0) is 7.05 Å². The van der Waals surface area contributed by atoms with Crippen molar-refractivity contribution in [2.24, 2.45) is 7.05 Å². The molecule has 0 radical (unpaired) electrons. The van der Waals surface area contributed by atoms with Crippen molar-refractivity contribution in [2.75, 3.05) is 7.11 Å². The molecule has 0 bridgehead atoms. The fourth-order valence-electron chi connectivity index (χ4n) is 2.96. The Kier molecular flexibility index (Phi) is 2.24. The van der Waals surface area contributed by atoms with E-state index < -0.39 is 0 Å². The van der Waals surface area contributed by atoms with Crippen LogP contribution in [0.2, 0.25) is 0 Å². The highest BCUT2D eigenvalue weighted by Gasteiger charge is 2.16. The summed E-state index contributed by atoms with van der Waals surface area (Å²) in [5, 5.41) is 3.32. The Balaban J connectivity index is 2.37. The molecule has 20 heavy (non-hydrogen) atoms. The Morgan fingerprint density at radius 2 is 1.65 bits per heavy atom. The molecule has 0 N–H and O–H groups in total. The van der Waals surface area contributed by atoms with Crippen molar-refractivity contribution in [1.29, 1.82) is 0 Å². The largest absolute Gasteiger partial charge is 0.495 e. The number of pyridine rings is 1. The SMILES string of the molecule is COc1c2ccccc2nc2c1c1ccccc1n2C. The minimum Gasteiger partial charge on any atom is -0.495 e. The van der Waals surface area contributed by atoms with Crippen LogP contribution in [0.15, 0.2) is 48.5 Å². The molecule has 0 saturated carbocycles. The maximum atomic E-state index is 5.71. The summed E-state index contributed by atoms with van der Waals surface area (Å²) < 4.78 is 7.83. The number of nitrogens with zero attached hydrogens (tertiary/aromatic N) is 2. The van der Waals surface area contributed by atoms with Gasteiger partial charge in [-0.2, -0.15) is 0 Å². The predicted octanol–water partition coefficient (Wildman–Crippen LogP) is 3.89. The Bertz CT molecular complexity index is 953. The summed E-state index contributed by atoms with van der Waals surface area (Å²) in [6.07, 6.45) is 0. The molecule has 2 aromatic heterocycles. The van der Waals surface area contributed by atoms with Gasteiger partial charge in [-0.3, -0.25) is 0 Å². The number of ether oxygens (including phenoxy) is 1. The first-order chi connectivity index (χ1) is 9.81. The molecule has 0 aliphatic heterocycles. The van der Waals surface area contributed by atoms with Gasteiger partial charge in [0.15, 0.2) is 0 Å². The van der Waals surface area contributed by atoms with Crippen LogP contribution in [0.1, 0.15) is 0 Å². The van der Waals surface area contributed by atoms with Gasteiger partial charge in [0.05, 0.1) is 23.5 Å². The average molecular weight is 262 g/mol. The summed E-state index contributed by atoms with van der Waals surface area (Å²) >= 11 is 0. The maximum absolute atomic E-state index is 5.71. The number of hydrogen-bond donors (Lipinski definition) is 0. The van der Waals surface area contributed by atoms with Crippen molar-refractivity contribution >= 4 is 32.8 Å². The van der Waals surface area contributed by atoms with Gasteiger partial charge in [0.1, 0.15) is 11.4 Å². The minimum absolute atomic E-state index is 0.905. The van der Waals surface area contributed by atoms with E-state index >= 15 is 0 Å². The molecule has 0 aliphatic carbocycles. The lowest BCUT2D eigenvalue weighted by molar-refractivity contribution is 0.424. The number of fused-ring (bicyclic) bond motifs is 4. The van der Waals surface area contributed by atoms with E-state index in [-0.39, 0.29) is 0 Å². The van der Waals surface area contributed by atoms with Crippen molar-refractivity contribution in [3.8, 4) is 5.75 Å². The zero-order valence-corrected chi connectivity index (χ0v) is 11.4. The van der Waals surface area contributed by atoms with Gasteiger partial charge in [0.25, 0.3) is 0 Å². The number of methoxy groups -OCH3 is 1. The van der Waals surface area contributed by atoms with Crippen molar-refractivity contribution in [2.45, 2.75) is 0 Å². The Hall–Kier alpha value is -2.55. The first kappa shape index (κ1) is 11.3. The summed E-state index contributed by atoms with van der Waals surface area (Å²) in [7, 11) is 3.77. The van der Waals surface area contributed by atoms with Crippen LogP contribution < -0.4 is 4.74 Å².